The van der Waals surface area contributed by atoms with E-state index in [1.807, 2.05) is 12.4 Å². The van der Waals surface area contributed by atoms with Gasteiger partial charge in [-0.3, -0.25) is 4.98 Å². The first-order valence-electron chi connectivity index (χ1n) is 4.91. The van der Waals surface area contributed by atoms with Gasteiger partial charge in [-0.1, -0.05) is 13.8 Å². The Morgan fingerprint density at radius 2 is 2.21 bits per heavy atom. The van der Waals surface area contributed by atoms with Crippen molar-refractivity contribution in [2.45, 2.75) is 19.8 Å². The van der Waals surface area contributed by atoms with E-state index in [0.717, 1.165) is 12.2 Å². The molecule has 0 spiro atoms. The molecule has 1 aromatic rings. The van der Waals surface area contributed by atoms with Crippen LogP contribution in [-0.2, 0) is 4.74 Å². The van der Waals surface area contributed by atoms with Crippen LogP contribution in [0.15, 0.2) is 18.5 Å². The van der Waals surface area contributed by atoms with Crippen molar-refractivity contribution in [3.8, 4) is 0 Å². The predicted molar refractivity (Wildman–Crippen MR) is 58.7 cm³/mol. The maximum atomic E-state index is 4.96. The lowest BCUT2D eigenvalue weighted by atomic mass is 10.1. The zero-order valence-electron chi connectivity index (χ0n) is 9.08. The molecule has 3 nitrogen and oxygen atoms in total. The second-order valence-corrected chi connectivity index (χ2v) is 3.58. The average molecular weight is 194 g/mol. The molecule has 0 radical (unpaired) electrons. The van der Waals surface area contributed by atoms with Crippen molar-refractivity contribution < 1.29 is 4.74 Å². The third-order valence-electron chi connectivity index (χ3n) is 2.06. The van der Waals surface area contributed by atoms with Crippen molar-refractivity contribution in [3.63, 3.8) is 0 Å². The van der Waals surface area contributed by atoms with Gasteiger partial charge in [0.1, 0.15) is 0 Å². The number of methoxy groups -OCH3 is 1. The van der Waals surface area contributed by atoms with Gasteiger partial charge in [-0.2, -0.15) is 0 Å². The van der Waals surface area contributed by atoms with E-state index >= 15 is 0 Å². The predicted octanol–water partition coefficient (Wildman–Crippen LogP) is 2.26. The van der Waals surface area contributed by atoms with Gasteiger partial charge in [-0.05, 0) is 17.5 Å². The molecule has 0 aromatic carbocycles. The van der Waals surface area contributed by atoms with Crippen molar-refractivity contribution in [1.82, 2.24) is 4.98 Å². The fourth-order valence-electron chi connectivity index (χ4n) is 1.17. The van der Waals surface area contributed by atoms with Gasteiger partial charge in [0.05, 0.1) is 12.3 Å². The van der Waals surface area contributed by atoms with E-state index in [4.69, 9.17) is 4.74 Å². The minimum Gasteiger partial charge on any atom is -0.383 e. The van der Waals surface area contributed by atoms with E-state index in [2.05, 4.69) is 30.2 Å². The lowest BCUT2D eigenvalue weighted by Crippen LogP contribution is -2.08. The molecule has 0 saturated carbocycles. The van der Waals surface area contributed by atoms with Gasteiger partial charge >= 0.3 is 0 Å². The lowest BCUT2D eigenvalue weighted by Gasteiger charge is -2.09. The van der Waals surface area contributed by atoms with Gasteiger partial charge in [0, 0.05) is 26.0 Å². The summed E-state index contributed by atoms with van der Waals surface area (Å²) < 4.78 is 4.96. The summed E-state index contributed by atoms with van der Waals surface area (Å²) in [6, 6.07) is 2.13. The van der Waals surface area contributed by atoms with E-state index in [1.165, 1.54) is 5.56 Å². The molecule has 0 aliphatic heterocycles. The largest absolute Gasteiger partial charge is 0.383 e. The molecule has 14 heavy (non-hydrogen) atoms. The third-order valence-corrected chi connectivity index (χ3v) is 2.06. The molecule has 3 heteroatoms. The molecule has 1 aromatic heterocycles. The van der Waals surface area contributed by atoms with Crippen LogP contribution in [0.25, 0.3) is 0 Å². The number of nitrogens with zero attached hydrogens (tertiary/aromatic N) is 1. The summed E-state index contributed by atoms with van der Waals surface area (Å²) in [7, 11) is 1.70. The van der Waals surface area contributed by atoms with Crippen LogP contribution >= 0.6 is 0 Å². The third kappa shape index (κ3) is 3.34. The van der Waals surface area contributed by atoms with Gasteiger partial charge < -0.3 is 10.1 Å². The monoisotopic (exact) mass is 194 g/mol. The summed E-state index contributed by atoms with van der Waals surface area (Å²) >= 11 is 0. The Bertz CT molecular complexity index is 274. The van der Waals surface area contributed by atoms with Crippen molar-refractivity contribution in [2.24, 2.45) is 0 Å². The molecular weight excluding hydrogens is 176 g/mol. The van der Waals surface area contributed by atoms with E-state index in [-0.39, 0.29) is 0 Å². The fraction of sp³-hybridized carbons (Fsp3) is 0.545. The number of ether oxygens (including phenoxy) is 1. The number of pyridine rings is 1. The number of hydrogen-bond acceptors (Lipinski definition) is 3. The van der Waals surface area contributed by atoms with E-state index in [9.17, 15) is 0 Å². The number of anilines is 1. The summed E-state index contributed by atoms with van der Waals surface area (Å²) in [5.74, 6) is 0.520. The Kier molecular flexibility index (Phi) is 4.40. The van der Waals surface area contributed by atoms with E-state index in [0.29, 0.717) is 12.5 Å². The highest BCUT2D eigenvalue weighted by atomic mass is 16.5. The molecular formula is C11H18N2O. The Morgan fingerprint density at radius 1 is 1.43 bits per heavy atom. The Labute approximate surface area is 85.5 Å². The topological polar surface area (TPSA) is 34.1 Å². The Balaban J connectivity index is 2.55. The molecule has 0 bridgehead atoms. The molecule has 0 aliphatic rings. The summed E-state index contributed by atoms with van der Waals surface area (Å²) in [4.78, 5) is 4.18. The zero-order chi connectivity index (χ0) is 10.4. The first kappa shape index (κ1) is 11.0. The molecule has 0 atom stereocenters. The molecule has 0 unspecified atom stereocenters. The summed E-state index contributed by atoms with van der Waals surface area (Å²) in [6.07, 6.45) is 3.74. The molecule has 0 fully saturated rings. The summed E-state index contributed by atoms with van der Waals surface area (Å²) in [6.45, 7) is 5.86. The van der Waals surface area contributed by atoms with Crippen LogP contribution in [0, 0.1) is 0 Å². The van der Waals surface area contributed by atoms with Crippen LogP contribution in [-0.4, -0.2) is 25.2 Å². The van der Waals surface area contributed by atoms with E-state index in [1.54, 1.807) is 7.11 Å². The van der Waals surface area contributed by atoms with Crippen LogP contribution in [0.5, 0.6) is 0 Å². The van der Waals surface area contributed by atoms with Crippen LogP contribution in [0.2, 0.25) is 0 Å². The minimum atomic E-state index is 0.520. The smallest absolute Gasteiger partial charge is 0.0635 e. The van der Waals surface area contributed by atoms with E-state index < -0.39 is 0 Å². The Hall–Kier alpha value is -1.09. The normalized spacial score (nSPS) is 10.6. The molecule has 1 N–H and O–H groups in total. The second kappa shape index (κ2) is 5.60. The van der Waals surface area contributed by atoms with Crippen LogP contribution in [0.4, 0.5) is 5.69 Å². The zero-order valence-corrected chi connectivity index (χ0v) is 9.08. The lowest BCUT2D eigenvalue weighted by molar-refractivity contribution is 0.211. The first-order chi connectivity index (χ1) is 6.74. The minimum absolute atomic E-state index is 0.520. The number of rotatable bonds is 5. The molecule has 0 aliphatic carbocycles. The summed E-state index contributed by atoms with van der Waals surface area (Å²) in [5.41, 5.74) is 2.32. The van der Waals surface area contributed by atoms with Gasteiger partial charge in [0.15, 0.2) is 0 Å². The van der Waals surface area contributed by atoms with Crippen LogP contribution < -0.4 is 5.32 Å². The van der Waals surface area contributed by atoms with Crippen LogP contribution in [0.1, 0.15) is 25.3 Å². The SMILES string of the molecule is COCCNc1cncc(C(C)C)c1. The van der Waals surface area contributed by atoms with Crippen molar-refractivity contribution in [1.29, 1.82) is 0 Å². The molecule has 78 valence electrons. The van der Waals surface area contributed by atoms with Crippen molar-refractivity contribution in [3.05, 3.63) is 24.0 Å². The average Bonchev–Trinajstić information content (AvgIpc) is 2.19. The number of aromatic nitrogens is 1. The fourth-order valence-corrected chi connectivity index (χ4v) is 1.17. The standard InChI is InChI=1S/C11H18N2O/c1-9(2)10-6-11(8-12-7-10)13-4-5-14-3/h6-9,13H,4-5H2,1-3H3. The first-order valence-corrected chi connectivity index (χ1v) is 4.91. The second-order valence-electron chi connectivity index (χ2n) is 3.58. The molecule has 0 amide bonds. The quantitative estimate of drug-likeness (QED) is 0.730. The highest BCUT2D eigenvalue weighted by Crippen LogP contribution is 2.16. The Morgan fingerprint density at radius 3 is 2.86 bits per heavy atom. The number of hydrogen-bond donors (Lipinski definition) is 1. The maximum absolute atomic E-state index is 4.96. The highest BCUT2D eigenvalue weighted by Gasteiger charge is 2.00. The molecule has 1 rings (SSSR count). The maximum Gasteiger partial charge on any atom is 0.0635 e. The van der Waals surface area contributed by atoms with Gasteiger partial charge in [-0.25, -0.2) is 0 Å². The summed E-state index contributed by atoms with van der Waals surface area (Å²) in [5, 5.41) is 3.25. The highest BCUT2D eigenvalue weighted by molar-refractivity contribution is 5.43. The van der Waals surface area contributed by atoms with Crippen molar-refractivity contribution >= 4 is 5.69 Å². The van der Waals surface area contributed by atoms with Gasteiger partial charge in [0.25, 0.3) is 0 Å². The molecule has 0 saturated heterocycles. The molecule has 1 heterocycles. The van der Waals surface area contributed by atoms with Gasteiger partial charge in [0.2, 0.25) is 0 Å². The van der Waals surface area contributed by atoms with Crippen LogP contribution in [0.3, 0.4) is 0 Å². The van der Waals surface area contributed by atoms with Gasteiger partial charge in [-0.15, -0.1) is 0 Å². The van der Waals surface area contributed by atoms with Crippen molar-refractivity contribution in [2.75, 3.05) is 25.6 Å². The number of nitrogens with one attached hydrogen (secondary N) is 1.